The van der Waals surface area contributed by atoms with Crippen molar-refractivity contribution in [3.05, 3.63) is 6.07 Å². The second-order valence-corrected chi connectivity index (χ2v) is 7.72. The van der Waals surface area contributed by atoms with Gasteiger partial charge in [-0.25, -0.2) is 0 Å². The normalized spacial score (nSPS) is 11.0. The lowest BCUT2D eigenvalue weighted by Gasteiger charge is -2.18. The molecule has 0 fully saturated rings. The van der Waals surface area contributed by atoms with Gasteiger partial charge >= 0.3 is 0 Å². The summed E-state index contributed by atoms with van der Waals surface area (Å²) < 4.78 is 0. The first-order chi connectivity index (χ1) is 9.68. The first kappa shape index (κ1) is 18.4. The summed E-state index contributed by atoms with van der Waals surface area (Å²) >= 11 is 34.8. The van der Waals surface area contributed by atoms with Crippen molar-refractivity contribution in [2.45, 2.75) is 39.2 Å². The molecule has 0 aliphatic rings. The van der Waals surface area contributed by atoms with Crippen molar-refractivity contribution in [1.82, 2.24) is 0 Å². The fraction of sp³-hybridized carbons (Fsp3) is 0. The summed E-state index contributed by atoms with van der Waals surface area (Å²) in [6.07, 6.45) is 0. The van der Waals surface area contributed by atoms with Gasteiger partial charge in [-0.2, -0.15) is 0 Å². The molecule has 0 atom stereocenters. The van der Waals surface area contributed by atoms with Gasteiger partial charge in [-0.05, 0) is 6.07 Å². The lowest BCUT2D eigenvalue weighted by molar-refractivity contribution is 0.458. The first-order valence-electron chi connectivity index (χ1n) is 5.34. The molecule has 0 saturated heterocycles. The molecule has 2 aromatic carbocycles. The van der Waals surface area contributed by atoms with E-state index in [0.29, 0.717) is 50.3 Å². The van der Waals surface area contributed by atoms with Crippen LogP contribution in [0.5, 0.6) is 5.75 Å². The highest BCUT2D eigenvalue weighted by Crippen LogP contribution is 2.49. The van der Waals surface area contributed by atoms with Crippen molar-refractivity contribution in [3.8, 4) is 16.9 Å². The summed E-state index contributed by atoms with van der Waals surface area (Å²) in [5, 5.41) is 10.4. The average molecular weight is 427 g/mol. The van der Waals surface area contributed by atoms with Crippen LogP contribution in [-0.2, 0) is 0 Å². The smallest absolute Gasteiger partial charge is 0.139 e. The summed E-state index contributed by atoms with van der Waals surface area (Å²) in [7, 11) is 0. The molecule has 2 rings (SSSR count). The minimum absolute atomic E-state index is 0.0474. The van der Waals surface area contributed by atoms with Crippen LogP contribution < -0.4 is 0 Å². The Bertz CT molecular complexity index is 727. The lowest BCUT2D eigenvalue weighted by atomic mass is 10.0. The number of phenols is 1. The van der Waals surface area contributed by atoms with Gasteiger partial charge in [0, 0.05) is 45.4 Å². The first-order valence-corrected chi connectivity index (χ1v) is 8.92. The van der Waals surface area contributed by atoms with E-state index in [9.17, 15) is 5.11 Å². The van der Waals surface area contributed by atoms with Crippen LogP contribution in [0.4, 0.5) is 0 Å². The number of aromatic hydroxyl groups is 1. The maximum Gasteiger partial charge on any atom is 0.139 e. The molecule has 0 unspecified atom stereocenters. The standard InChI is InChI=1S/C12H10OS8/c13-5-4(8(17)11(20)12(21)9(5)18)2-1-3(14)7(16)10(19)6(2)15/h1,13-21H. The van der Waals surface area contributed by atoms with Gasteiger partial charge in [0.05, 0.1) is 4.90 Å². The Balaban J connectivity index is 2.93. The Labute approximate surface area is 167 Å². The van der Waals surface area contributed by atoms with Crippen LogP contribution in [0.25, 0.3) is 11.1 Å². The lowest BCUT2D eigenvalue weighted by Crippen LogP contribution is -1.92. The Morgan fingerprint density at radius 2 is 1.05 bits per heavy atom. The van der Waals surface area contributed by atoms with Gasteiger partial charge in [0.1, 0.15) is 5.75 Å². The van der Waals surface area contributed by atoms with Crippen molar-refractivity contribution in [3.63, 3.8) is 0 Å². The van der Waals surface area contributed by atoms with E-state index in [-0.39, 0.29) is 5.75 Å². The van der Waals surface area contributed by atoms with Crippen LogP contribution in [0.15, 0.2) is 45.2 Å². The molecule has 0 aromatic heterocycles. The summed E-state index contributed by atoms with van der Waals surface area (Å²) in [5.74, 6) is -0.0474. The quantitative estimate of drug-likeness (QED) is 0.281. The maximum absolute atomic E-state index is 10.4. The molecule has 1 N–H and O–H groups in total. The summed E-state index contributed by atoms with van der Waals surface area (Å²) in [6, 6.07) is 1.74. The van der Waals surface area contributed by atoms with Crippen molar-refractivity contribution < 1.29 is 5.11 Å². The largest absolute Gasteiger partial charge is 0.506 e. The Kier molecular flexibility index (Phi) is 6.02. The zero-order valence-electron chi connectivity index (χ0n) is 10.1. The molecule has 0 radical (unpaired) electrons. The molecule has 0 aliphatic heterocycles. The molecule has 0 spiro atoms. The van der Waals surface area contributed by atoms with Crippen LogP contribution >= 0.6 is 101 Å². The van der Waals surface area contributed by atoms with Gasteiger partial charge in [0.25, 0.3) is 0 Å². The van der Waals surface area contributed by atoms with Crippen LogP contribution in [0.3, 0.4) is 0 Å². The van der Waals surface area contributed by atoms with Gasteiger partial charge in [-0.15, -0.1) is 101 Å². The Hall–Kier alpha value is 1.04. The maximum atomic E-state index is 10.4. The van der Waals surface area contributed by atoms with Gasteiger partial charge in [-0.1, -0.05) is 0 Å². The molecule has 112 valence electrons. The Morgan fingerprint density at radius 3 is 1.62 bits per heavy atom. The van der Waals surface area contributed by atoms with Crippen molar-refractivity contribution >= 4 is 101 Å². The molecule has 2 aromatic rings. The highest BCUT2D eigenvalue weighted by molar-refractivity contribution is 7.87. The number of benzene rings is 2. The molecule has 1 nitrogen and oxygen atoms in total. The third kappa shape index (κ3) is 3.17. The van der Waals surface area contributed by atoms with E-state index < -0.39 is 0 Å². The SMILES string of the molecule is Oc1c(S)c(S)c(S)c(S)c1-c1cc(S)c(S)c(S)c1S. The van der Waals surface area contributed by atoms with Gasteiger partial charge in [0.15, 0.2) is 0 Å². The van der Waals surface area contributed by atoms with E-state index in [0.717, 1.165) is 0 Å². The highest BCUT2D eigenvalue weighted by Gasteiger charge is 2.22. The molecular weight excluding hydrogens is 417 g/mol. The van der Waals surface area contributed by atoms with Crippen molar-refractivity contribution in [1.29, 1.82) is 0 Å². The topological polar surface area (TPSA) is 20.2 Å². The zero-order chi connectivity index (χ0) is 16.1. The fourth-order valence-corrected chi connectivity index (χ4v) is 4.07. The molecule has 0 aliphatic carbocycles. The van der Waals surface area contributed by atoms with Crippen molar-refractivity contribution in [2.24, 2.45) is 0 Å². The van der Waals surface area contributed by atoms with E-state index in [2.05, 4.69) is 101 Å². The fourth-order valence-electron chi connectivity index (χ4n) is 1.77. The zero-order valence-corrected chi connectivity index (χ0v) is 17.3. The monoisotopic (exact) mass is 426 g/mol. The second-order valence-electron chi connectivity index (χ2n) is 4.11. The molecule has 0 heterocycles. The third-order valence-corrected chi connectivity index (χ3v) is 7.43. The second kappa shape index (κ2) is 6.88. The molecule has 0 saturated carbocycles. The summed E-state index contributed by atoms with van der Waals surface area (Å²) in [6.45, 7) is 0. The number of phenolic OH excluding ortho intramolecular Hbond substituents is 1. The van der Waals surface area contributed by atoms with Crippen LogP contribution in [0.1, 0.15) is 0 Å². The van der Waals surface area contributed by atoms with E-state index in [1.807, 2.05) is 0 Å². The van der Waals surface area contributed by atoms with Gasteiger partial charge < -0.3 is 5.11 Å². The number of hydrogen-bond donors (Lipinski definition) is 9. The molecular formula is C12H10OS8. The van der Waals surface area contributed by atoms with Crippen LogP contribution in [0.2, 0.25) is 0 Å². The summed E-state index contributed by atoms with van der Waals surface area (Å²) in [5.41, 5.74) is 1.07. The number of hydrogen-bond acceptors (Lipinski definition) is 9. The van der Waals surface area contributed by atoms with E-state index in [1.54, 1.807) is 6.07 Å². The minimum Gasteiger partial charge on any atom is -0.506 e. The predicted molar refractivity (Wildman–Crippen MR) is 112 cm³/mol. The molecule has 21 heavy (non-hydrogen) atoms. The van der Waals surface area contributed by atoms with Crippen LogP contribution in [0, 0.1) is 0 Å². The highest BCUT2D eigenvalue weighted by atomic mass is 32.1. The van der Waals surface area contributed by atoms with E-state index in [1.165, 1.54) is 0 Å². The number of thiol groups is 8. The molecule has 0 amide bonds. The summed E-state index contributed by atoms with van der Waals surface area (Å²) in [4.78, 5) is 4.10. The van der Waals surface area contributed by atoms with E-state index >= 15 is 0 Å². The predicted octanol–water partition coefficient (Wildman–Crippen LogP) is 5.37. The molecule has 9 heteroatoms. The third-order valence-electron chi connectivity index (χ3n) is 2.87. The van der Waals surface area contributed by atoms with Gasteiger partial charge in [-0.3, -0.25) is 0 Å². The van der Waals surface area contributed by atoms with Crippen molar-refractivity contribution in [2.75, 3.05) is 0 Å². The minimum atomic E-state index is -0.0474. The van der Waals surface area contributed by atoms with Crippen LogP contribution in [-0.4, -0.2) is 5.11 Å². The Morgan fingerprint density at radius 1 is 0.571 bits per heavy atom. The number of rotatable bonds is 1. The average Bonchev–Trinajstić information content (AvgIpc) is 2.46. The van der Waals surface area contributed by atoms with E-state index in [4.69, 9.17) is 0 Å². The van der Waals surface area contributed by atoms with Gasteiger partial charge in [0.2, 0.25) is 0 Å². The molecule has 0 bridgehead atoms.